The zero-order valence-corrected chi connectivity index (χ0v) is 13.0. The minimum atomic E-state index is -4.45. The van der Waals surface area contributed by atoms with E-state index in [1.807, 2.05) is 0 Å². The number of benzene rings is 1. The van der Waals surface area contributed by atoms with Crippen LogP contribution in [0.2, 0.25) is 0 Å². The fourth-order valence-corrected chi connectivity index (χ4v) is 2.44. The Bertz CT molecular complexity index is 797. The maximum Gasteiger partial charge on any atom is 0.416 e. The van der Waals surface area contributed by atoms with Gasteiger partial charge in [-0.1, -0.05) is 0 Å². The molecule has 1 aromatic heterocycles. The van der Waals surface area contributed by atoms with Crippen molar-refractivity contribution in [2.24, 2.45) is 7.05 Å². The summed E-state index contributed by atoms with van der Waals surface area (Å²) in [5, 5.41) is 0. The lowest BCUT2D eigenvalue weighted by atomic mass is 10.2. The highest BCUT2D eigenvalue weighted by atomic mass is 32.2. The number of rotatable bonds is 4. The van der Waals surface area contributed by atoms with Gasteiger partial charge in [-0.25, -0.2) is 4.98 Å². The van der Waals surface area contributed by atoms with E-state index in [9.17, 15) is 21.6 Å². The molecule has 1 aromatic carbocycles. The molecule has 0 radical (unpaired) electrons. The first-order valence-corrected chi connectivity index (χ1v) is 7.66. The van der Waals surface area contributed by atoms with Gasteiger partial charge >= 0.3 is 6.18 Å². The van der Waals surface area contributed by atoms with Gasteiger partial charge in [0, 0.05) is 21.1 Å². The van der Waals surface area contributed by atoms with Crippen molar-refractivity contribution in [2.75, 3.05) is 14.1 Å². The Morgan fingerprint density at radius 1 is 1.32 bits per heavy atom. The monoisotopic (exact) mass is 336 g/mol. The quantitative estimate of drug-likeness (QED) is 0.920. The predicted octanol–water partition coefficient (Wildman–Crippen LogP) is 1.49. The number of imidazole rings is 1. The Hall–Kier alpha value is -1.65. The van der Waals surface area contributed by atoms with Crippen molar-refractivity contribution in [3.05, 3.63) is 29.6 Å². The van der Waals surface area contributed by atoms with Crippen molar-refractivity contribution in [3.63, 3.8) is 0 Å². The second-order valence-corrected chi connectivity index (χ2v) is 6.87. The molecule has 0 saturated heterocycles. The van der Waals surface area contributed by atoms with E-state index < -0.39 is 21.9 Å². The van der Waals surface area contributed by atoms with Gasteiger partial charge in [-0.2, -0.15) is 30.6 Å². The Labute approximate surface area is 125 Å². The summed E-state index contributed by atoms with van der Waals surface area (Å²) in [5.74, 6) is 0.319. The predicted molar refractivity (Wildman–Crippen MR) is 75.2 cm³/mol. The molecule has 0 aliphatic rings. The van der Waals surface area contributed by atoms with Crippen molar-refractivity contribution in [3.8, 4) is 0 Å². The molecule has 0 aliphatic carbocycles. The van der Waals surface area contributed by atoms with E-state index in [1.54, 1.807) is 11.6 Å². The van der Waals surface area contributed by atoms with Crippen molar-refractivity contribution >= 4 is 21.2 Å². The first-order valence-electron chi connectivity index (χ1n) is 6.22. The molecule has 1 heterocycles. The molecule has 22 heavy (non-hydrogen) atoms. The van der Waals surface area contributed by atoms with E-state index in [4.69, 9.17) is 0 Å². The molecule has 0 spiro atoms. The molecule has 0 fully saturated rings. The fourth-order valence-electron chi connectivity index (χ4n) is 1.87. The topological polar surface area (TPSA) is 67.2 Å². The second-order valence-electron chi connectivity index (χ2n) is 4.90. The van der Waals surface area contributed by atoms with Gasteiger partial charge in [-0.05, 0) is 18.2 Å². The van der Waals surface area contributed by atoms with Gasteiger partial charge in [-0.3, -0.25) is 0 Å². The molecule has 2 rings (SSSR count). The van der Waals surface area contributed by atoms with Gasteiger partial charge < -0.3 is 4.57 Å². The van der Waals surface area contributed by atoms with Gasteiger partial charge in [-0.15, -0.1) is 0 Å². The maximum absolute atomic E-state index is 12.7. The molecule has 1 N–H and O–H groups in total. The molecule has 0 unspecified atom stereocenters. The average molecular weight is 336 g/mol. The van der Waals surface area contributed by atoms with E-state index in [2.05, 4.69) is 9.71 Å². The normalized spacial score (nSPS) is 13.2. The van der Waals surface area contributed by atoms with Crippen LogP contribution in [0.1, 0.15) is 11.4 Å². The summed E-state index contributed by atoms with van der Waals surface area (Å²) < 4.78 is 66.2. The molecule has 2 aromatic rings. The third-order valence-electron chi connectivity index (χ3n) is 3.19. The molecule has 0 bridgehead atoms. The average Bonchev–Trinajstić information content (AvgIpc) is 2.72. The summed E-state index contributed by atoms with van der Waals surface area (Å²) in [4.78, 5) is 4.07. The van der Waals surface area contributed by atoms with Crippen molar-refractivity contribution < 1.29 is 21.6 Å². The number of hydrogen-bond acceptors (Lipinski definition) is 3. The van der Waals surface area contributed by atoms with Gasteiger partial charge in [0.1, 0.15) is 5.82 Å². The molecule has 0 aliphatic heterocycles. The van der Waals surface area contributed by atoms with E-state index in [-0.39, 0.29) is 12.1 Å². The third kappa shape index (κ3) is 3.23. The largest absolute Gasteiger partial charge is 0.416 e. The van der Waals surface area contributed by atoms with Gasteiger partial charge in [0.25, 0.3) is 10.2 Å². The number of halogens is 3. The van der Waals surface area contributed by atoms with E-state index in [1.165, 1.54) is 20.2 Å². The number of hydrogen-bond donors (Lipinski definition) is 1. The minimum absolute atomic E-state index is 0.118. The highest BCUT2D eigenvalue weighted by Crippen LogP contribution is 2.31. The highest BCUT2D eigenvalue weighted by molar-refractivity contribution is 7.87. The van der Waals surface area contributed by atoms with Crippen LogP contribution in [0.25, 0.3) is 11.0 Å². The van der Waals surface area contributed by atoms with Crippen molar-refractivity contribution in [1.29, 1.82) is 0 Å². The Balaban J connectivity index is 2.35. The molecule has 0 atom stereocenters. The first-order chi connectivity index (χ1) is 10.0. The summed E-state index contributed by atoms with van der Waals surface area (Å²) in [7, 11) is 0.717. The summed E-state index contributed by atoms with van der Waals surface area (Å²) >= 11 is 0. The van der Waals surface area contributed by atoms with Crippen LogP contribution in [0.15, 0.2) is 18.2 Å². The van der Waals surface area contributed by atoms with E-state index in [0.29, 0.717) is 11.3 Å². The molecular weight excluding hydrogens is 321 g/mol. The van der Waals surface area contributed by atoms with Crippen LogP contribution < -0.4 is 4.72 Å². The first kappa shape index (κ1) is 16.7. The molecule has 122 valence electrons. The van der Waals surface area contributed by atoms with Crippen molar-refractivity contribution in [1.82, 2.24) is 18.6 Å². The third-order valence-corrected chi connectivity index (χ3v) is 4.66. The number of nitrogens with zero attached hydrogens (tertiary/aromatic N) is 3. The summed E-state index contributed by atoms with van der Waals surface area (Å²) in [6.45, 7) is -0.118. The molecule has 0 saturated carbocycles. The lowest BCUT2D eigenvalue weighted by molar-refractivity contribution is -0.137. The van der Waals surface area contributed by atoms with Gasteiger partial charge in [0.05, 0.1) is 23.1 Å². The SMILES string of the molecule is CN(C)S(=O)(=O)NCc1nc2cc(C(F)(F)F)ccc2n1C. The highest BCUT2D eigenvalue weighted by Gasteiger charge is 2.31. The standard InChI is InChI=1S/C12H15F3N4O2S/c1-18(2)22(20,21)16-7-11-17-9-6-8(12(13,14)15)4-5-10(9)19(11)3/h4-6,16H,7H2,1-3H3. The van der Waals surface area contributed by atoms with Crippen LogP contribution in [-0.2, 0) is 30.0 Å². The van der Waals surface area contributed by atoms with Crippen LogP contribution in [0.3, 0.4) is 0 Å². The maximum atomic E-state index is 12.7. The lowest BCUT2D eigenvalue weighted by Crippen LogP contribution is -2.35. The Kier molecular flexibility index (Phi) is 4.20. The Morgan fingerprint density at radius 2 is 1.95 bits per heavy atom. The second kappa shape index (κ2) is 5.52. The molecule has 0 amide bonds. The molecular formula is C12H15F3N4O2S. The number of fused-ring (bicyclic) bond motifs is 1. The van der Waals surface area contributed by atoms with Crippen LogP contribution in [0.4, 0.5) is 13.2 Å². The molecule has 6 nitrogen and oxygen atoms in total. The zero-order chi connectivity index (χ0) is 16.7. The minimum Gasteiger partial charge on any atom is -0.330 e. The number of alkyl halides is 3. The number of nitrogens with one attached hydrogen (secondary N) is 1. The van der Waals surface area contributed by atoms with E-state index in [0.717, 1.165) is 16.4 Å². The number of aryl methyl sites for hydroxylation is 1. The summed E-state index contributed by atoms with van der Waals surface area (Å²) in [6.07, 6.45) is -4.45. The van der Waals surface area contributed by atoms with Gasteiger partial charge in [0.2, 0.25) is 0 Å². The summed E-state index contributed by atoms with van der Waals surface area (Å²) in [5.41, 5.74) is -0.137. The lowest BCUT2D eigenvalue weighted by Gasteiger charge is -2.12. The van der Waals surface area contributed by atoms with Crippen LogP contribution >= 0.6 is 0 Å². The smallest absolute Gasteiger partial charge is 0.330 e. The van der Waals surface area contributed by atoms with Crippen LogP contribution in [0.5, 0.6) is 0 Å². The van der Waals surface area contributed by atoms with Gasteiger partial charge in [0.15, 0.2) is 0 Å². The van der Waals surface area contributed by atoms with Crippen LogP contribution in [0, 0.1) is 0 Å². The van der Waals surface area contributed by atoms with Crippen LogP contribution in [-0.4, -0.2) is 36.4 Å². The number of aromatic nitrogens is 2. The Morgan fingerprint density at radius 3 is 2.50 bits per heavy atom. The fraction of sp³-hybridized carbons (Fsp3) is 0.417. The van der Waals surface area contributed by atoms with Crippen molar-refractivity contribution in [2.45, 2.75) is 12.7 Å². The zero-order valence-electron chi connectivity index (χ0n) is 12.1. The van der Waals surface area contributed by atoms with E-state index >= 15 is 0 Å². The molecule has 10 heteroatoms. The summed E-state index contributed by atoms with van der Waals surface area (Å²) in [6, 6.07) is 3.23.